The summed E-state index contributed by atoms with van der Waals surface area (Å²) in [6.07, 6.45) is 0. The van der Waals surface area contributed by atoms with Crippen LogP contribution in [0.1, 0.15) is 45.6 Å². The van der Waals surface area contributed by atoms with Crippen LogP contribution in [0.3, 0.4) is 0 Å². The van der Waals surface area contributed by atoms with Crippen molar-refractivity contribution in [3.63, 3.8) is 0 Å². The zero-order valence-corrected chi connectivity index (χ0v) is 12.7. The third kappa shape index (κ3) is 4.17. The average Bonchev–Trinajstić information content (AvgIpc) is 2.44. The first-order valence-corrected chi connectivity index (χ1v) is 7.09. The third-order valence-electron chi connectivity index (χ3n) is 3.56. The van der Waals surface area contributed by atoms with Gasteiger partial charge < -0.3 is 10.4 Å². The zero-order chi connectivity index (χ0) is 15.4. The highest BCUT2D eigenvalue weighted by molar-refractivity contribution is 5.87. The molecular formula is C18H21NO2. The number of hydrogen-bond acceptors (Lipinski definition) is 2. The van der Waals surface area contributed by atoms with E-state index in [2.05, 4.69) is 44.3 Å². The number of nitrogens with one attached hydrogen (secondary N) is 1. The second kappa shape index (κ2) is 6.55. The molecule has 0 aliphatic carbocycles. The lowest BCUT2D eigenvalue weighted by Crippen LogP contribution is -2.18. The maximum atomic E-state index is 10.8. The molecule has 2 aromatic rings. The van der Waals surface area contributed by atoms with Crippen LogP contribution in [0.4, 0.5) is 0 Å². The first-order valence-electron chi connectivity index (χ1n) is 7.09. The Morgan fingerprint density at radius 1 is 1.10 bits per heavy atom. The van der Waals surface area contributed by atoms with Crippen molar-refractivity contribution >= 4 is 5.97 Å². The molecule has 0 aliphatic rings. The molecule has 0 fully saturated rings. The zero-order valence-electron chi connectivity index (χ0n) is 12.7. The highest BCUT2D eigenvalue weighted by atomic mass is 16.4. The summed E-state index contributed by atoms with van der Waals surface area (Å²) >= 11 is 0. The van der Waals surface area contributed by atoms with Crippen molar-refractivity contribution in [3.05, 3.63) is 70.3 Å². The molecule has 0 saturated heterocycles. The predicted octanol–water partition coefficient (Wildman–Crippen LogP) is 3.85. The van der Waals surface area contributed by atoms with Gasteiger partial charge in [-0.1, -0.05) is 41.5 Å². The van der Waals surface area contributed by atoms with E-state index in [9.17, 15) is 4.79 Å². The van der Waals surface area contributed by atoms with Gasteiger partial charge >= 0.3 is 5.97 Å². The molecule has 3 heteroatoms. The van der Waals surface area contributed by atoms with E-state index in [0.717, 1.165) is 5.56 Å². The van der Waals surface area contributed by atoms with Gasteiger partial charge in [-0.2, -0.15) is 0 Å². The Hall–Kier alpha value is -2.13. The van der Waals surface area contributed by atoms with Gasteiger partial charge in [-0.25, -0.2) is 4.79 Å². The number of benzene rings is 2. The van der Waals surface area contributed by atoms with Crippen LogP contribution in [-0.4, -0.2) is 11.1 Å². The molecule has 0 heterocycles. The number of aryl methyl sites for hydroxylation is 2. The van der Waals surface area contributed by atoms with Crippen LogP contribution in [0.2, 0.25) is 0 Å². The van der Waals surface area contributed by atoms with E-state index < -0.39 is 5.97 Å². The van der Waals surface area contributed by atoms with Crippen molar-refractivity contribution in [2.45, 2.75) is 33.4 Å². The number of carboxylic acids is 1. The molecule has 3 nitrogen and oxygen atoms in total. The fraction of sp³-hybridized carbons (Fsp3) is 0.278. The van der Waals surface area contributed by atoms with Gasteiger partial charge in [0.1, 0.15) is 0 Å². The number of rotatable bonds is 5. The number of hydrogen-bond donors (Lipinski definition) is 2. The molecule has 2 rings (SSSR count). The molecule has 1 unspecified atom stereocenters. The SMILES string of the molecule is Cc1cc(C)cc(C(C)NCc2ccc(C(=O)O)cc2)c1. The summed E-state index contributed by atoms with van der Waals surface area (Å²) in [6.45, 7) is 7.07. The standard InChI is InChI=1S/C18H21NO2/c1-12-8-13(2)10-17(9-12)14(3)19-11-15-4-6-16(7-5-15)18(20)21/h4-10,14,19H,11H2,1-3H3,(H,20,21). The van der Waals surface area contributed by atoms with Crippen molar-refractivity contribution in [1.29, 1.82) is 0 Å². The van der Waals surface area contributed by atoms with Gasteiger partial charge in [0.05, 0.1) is 5.56 Å². The molecule has 21 heavy (non-hydrogen) atoms. The molecule has 1 atom stereocenters. The van der Waals surface area contributed by atoms with Crippen LogP contribution in [0, 0.1) is 13.8 Å². The monoisotopic (exact) mass is 283 g/mol. The van der Waals surface area contributed by atoms with E-state index in [1.165, 1.54) is 16.7 Å². The lowest BCUT2D eigenvalue weighted by Gasteiger charge is -2.16. The van der Waals surface area contributed by atoms with E-state index in [1.807, 2.05) is 12.1 Å². The third-order valence-corrected chi connectivity index (χ3v) is 3.56. The Morgan fingerprint density at radius 2 is 1.67 bits per heavy atom. The lowest BCUT2D eigenvalue weighted by molar-refractivity contribution is 0.0697. The molecule has 110 valence electrons. The summed E-state index contributed by atoms with van der Waals surface area (Å²) in [4.78, 5) is 10.8. The molecule has 0 amide bonds. The minimum atomic E-state index is -0.891. The van der Waals surface area contributed by atoms with Gasteiger partial charge in [-0.05, 0) is 44.0 Å². The Labute approximate surface area is 125 Å². The van der Waals surface area contributed by atoms with Gasteiger partial charge in [0, 0.05) is 12.6 Å². The van der Waals surface area contributed by atoms with Gasteiger partial charge in [0.15, 0.2) is 0 Å². The number of aromatic carboxylic acids is 1. The molecule has 0 spiro atoms. The van der Waals surface area contributed by atoms with Crippen LogP contribution >= 0.6 is 0 Å². The van der Waals surface area contributed by atoms with E-state index in [-0.39, 0.29) is 6.04 Å². The van der Waals surface area contributed by atoms with Crippen molar-refractivity contribution in [1.82, 2.24) is 5.32 Å². The predicted molar refractivity (Wildman–Crippen MR) is 84.6 cm³/mol. The Morgan fingerprint density at radius 3 is 2.19 bits per heavy atom. The highest BCUT2D eigenvalue weighted by Crippen LogP contribution is 2.17. The summed E-state index contributed by atoms with van der Waals surface area (Å²) in [5.41, 5.74) is 5.21. The van der Waals surface area contributed by atoms with Crippen molar-refractivity contribution in [2.75, 3.05) is 0 Å². The van der Waals surface area contributed by atoms with E-state index in [4.69, 9.17) is 5.11 Å². The average molecular weight is 283 g/mol. The molecule has 2 N–H and O–H groups in total. The first-order chi connectivity index (χ1) is 9.95. The summed E-state index contributed by atoms with van der Waals surface area (Å²) < 4.78 is 0. The summed E-state index contributed by atoms with van der Waals surface area (Å²) in [7, 11) is 0. The molecular weight excluding hydrogens is 262 g/mol. The number of carbonyl (C=O) groups is 1. The van der Waals surface area contributed by atoms with Gasteiger partial charge in [0.25, 0.3) is 0 Å². The minimum absolute atomic E-state index is 0.253. The first kappa shape index (κ1) is 15.3. The van der Waals surface area contributed by atoms with Crippen LogP contribution in [-0.2, 0) is 6.54 Å². The Kier molecular flexibility index (Phi) is 4.76. The van der Waals surface area contributed by atoms with E-state index in [1.54, 1.807) is 12.1 Å². The minimum Gasteiger partial charge on any atom is -0.478 e. The Bertz CT molecular complexity index is 612. The van der Waals surface area contributed by atoms with Crippen LogP contribution in [0.15, 0.2) is 42.5 Å². The quantitative estimate of drug-likeness (QED) is 0.876. The Balaban J connectivity index is 2.00. The smallest absolute Gasteiger partial charge is 0.335 e. The molecule has 0 saturated carbocycles. The topological polar surface area (TPSA) is 49.3 Å². The molecule has 0 bridgehead atoms. The van der Waals surface area contributed by atoms with Gasteiger partial charge in [0.2, 0.25) is 0 Å². The summed E-state index contributed by atoms with van der Waals surface area (Å²) in [5.74, 6) is -0.891. The highest BCUT2D eigenvalue weighted by Gasteiger charge is 2.07. The molecule has 0 radical (unpaired) electrons. The van der Waals surface area contributed by atoms with Gasteiger partial charge in [-0.3, -0.25) is 0 Å². The maximum absolute atomic E-state index is 10.8. The van der Waals surface area contributed by atoms with Gasteiger partial charge in [-0.15, -0.1) is 0 Å². The fourth-order valence-electron chi connectivity index (χ4n) is 2.41. The largest absolute Gasteiger partial charge is 0.478 e. The molecule has 2 aromatic carbocycles. The summed E-state index contributed by atoms with van der Waals surface area (Å²) in [5, 5.41) is 12.3. The van der Waals surface area contributed by atoms with Crippen LogP contribution < -0.4 is 5.32 Å². The van der Waals surface area contributed by atoms with Crippen molar-refractivity contribution in [3.8, 4) is 0 Å². The lowest BCUT2D eigenvalue weighted by atomic mass is 10.0. The second-order valence-corrected chi connectivity index (χ2v) is 5.53. The van der Waals surface area contributed by atoms with E-state index >= 15 is 0 Å². The molecule has 0 aromatic heterocycles. The van der Waals surface area contributed by atoms with Crippen molar-refractivity contribution < 1.29 is 9.90 Å². The van der Waals surface area contributed by atoms with E-state index in [0.29, 0.717) is 12.1 Å². The molecule has 0 aliphatic heterocycles. The summed E-state index contributed by atoms with van der Waals surface area (Å²) in [6, 6.07) is 13.8. The van der Waals surface area contributed by atoms with Crippen LogP contribution in [0.25, 0.3) is 0 Å². The second-order valence-electron chi connectivity index (χ2n) is 5.53. The maximum Gasteiger partial charge on any atom is 0.335 e. The van der Waals surface area contributed by atoms with Crippen LogP contribution in [0.5, 0.6) is 0 Å². The van der Waals surface area contributed by atoms with Crippen molar-refractivity contribution in [2.24, 2.45) is 0 Å². The number of carboxylic acid groups (broad SMARTS) is 1. The fourth-order valence-corrected chi connectivity index (χ4v) is 2.41. The normalized spacial score (nSPS) is 12.1.